The van der Waals surface area contributed by atoms with Crippen molar-refractivity contribution in [3.63, 3.8) is 0 Å². The second-order valence-corrected chi connectivity index (χ2v) is 3.80. The maximum atomic E-state index is 8.92. The molecular formula is C12H13BrO2. The molecule has 1 N–H and O–H groups in total. The molecule has 0 saturated carbocycles. The molecule has 0 heterocycles. The van der Waals surface area contributed by atoms with Crippen molar-refractivity contribution in [2.45, 2.75) is 20.0 Å². The highest BCUT2D eigenvalue weighted by Crippen LogP contribution is 2.26. The number of halogens is 1. The molecule has 1 aromatic carbocycles. The fourth-order valence-electron chi connectivity index (χ4n) is 1.10. The summed E-state index contributed by atoms with van der Waals surface area (Å²) in [5, 5.41) is 8.92. The van der Waals surface area contributed by atoms with Crippen molar-refractivity contribution in [3.05, 3.63) is 28.2 Å². The monoisotopic (exact) mass is 268 g/mol. The lowest BCUT2D eigenvalue weighted by Crippen LogP contribution is -1.97. The Labute approximate surface area is 98.4 Å². The van der Waals surface area contributed by atoms with E-state index in [9.17, 15) is 0 Å². The number of hydrogen-bond donors (Lipinski definition) is 1. The molecule has 0 fully saturated rings. The quantitative estimate of drug-likeness (QED) is 0.672. The molecule has 0 saturated heterocycles. The van der Waals surface area contributed by atoms with Gasteiger partial charge in [-0.25, -0.2) is 0 Å². The molecule has 0 amide bonds. The van der Waals surface area contributed by atoms with Gasteiger partial charge in [0.25, 0.3) is 0 Å². The maximum Gasteiger partial charge on any atom is 0.133 e. The van der Waals surface area contributed by atoms with Gasteiger partial charge < -0.3 is 9.84 Å². The average molecular weight is 269 g/mol. The first-order valence-electron chi connectivity index (χ1n) is 4.69. The van der Waals surface area contributed by atoms with Gasteiger partial charge in [-0.3, -0.25) is 0 Å². The lowest BCUT2D eigenvalue weighted by molar-refractivity contribution is 0.281. The maximum absolute atomic E-state index is 8.92. The Bertz CT molecular complexity index is 377. The minimum absolute atomic E-state index is 0.0419. The summed E-state index contributed by atoms with van der Waals surface area (Å²) < 4.78 is 6.37. The Morgan fingerprint density at radius 3 is 2.87 bits per heavy atom. The minimum atomic E-state index is 0.0419. The standard InChI is InChI=1S/C12H13BrO2/c1-2-3-4-7-15-12-6-5-10(9-14)8-11(12)13/h5-6,8,14H,4,7,9H2,1H3. The van der Waals surface area contributed by atoms with Gasteiger partial charge in [-0.15, -0.1) is 11.8 Å². The van der Waals surface area contributed by atoms with E-state index in [0.29, 0.717) is 6.61 Å². The fraction of sp³-hybridized carbons (Fsp3) is 0.333. The van der Waals surface area contributed by atoms with Crippen LogP contribution in [0, 0.1) is 11.8 Å². The van der Waals surface area contributed by atoms with E-state index < -0.39 is 0 Å². The van der Waals surface area contributed by atoms with Crippen LogP contribution in [0.4, 0.5) is 0 Å². The van der Waals surface area contributed by atoms with Gasteiger partial charge in [0.1, 0.15) is 5.75 Å². The molecule has 1 rings (SSSR count). The summed E-state index contributed by atoms with van der Waals surface area (Å²) in [7, 11) is 0. The zero-order valence-electron chi connectivity index (χ0n) is 8.59. The minimum Gasteiger partial charge on any atom is -0.491 e. The van der Waals surface area contributed by atoms with E-state index in [1.54, 1.807) is 0 Å². The van der Waals surface area contributed by atoms with Crippen LogP contribution in [0.5, 0.6) is 5.75 Å². The van der Waals surface area contributed by atoms with Crippen LogP contribution in [0.2, 0.25) is 0 Å². The van der Waals surface area contributed by atoms with Crippen molar-refractivity contribution < 1.29 is 9.84 Å². The van der Waals surface area contributed by atoms with Gasteiger partial charge in [-0.05, 0) is 40.5 Å². The van der Waals surface area contributed by atoms with Gasteiger partial charge in [0.15, 0.2) is 0 Å². The van der Waals surface area contributed by atoms with Gasteiger partial charge >= 0.3 is 0 Å². The summed E-state index contributed by atoms with van der Waals surface area (Å²) in [6.45, 7) is 2.43. The van der Waals surface area contributed by atoms with Crippen molar-refractivity contribution in [2.24, 2.45) is 0 Å². The number of ether oxygens (including phenoxy) is 1. The fourth-order valence-corrected chi connectivity index (χ4v) is 1.64. The van der Waals surface area contributed by atoms with Crippen LogP contribution >= 0.6 is 15.9 Å². The van der Waals surface area contributed by atoms with E-state index in [2.05, 4.69) is 27.8 Å². The SMILES string of the molecule is CC#CCCOc1ccc(CO)cc1Br. The number of aliphatic hydroxyl groups is 1. The van der Waals surface area contributed by atoms with Crippen molar-refractivity contribution in [1.29, 1.82) is 0 Å². The van der Waals surface area contributed by atoms with E-state index in [4.69, 9.17) is 9.84 Å². The van der Waals surface area contributed by atoms with E-state index in [0.717, 1.165) is 22.2 Å². The van der Waals surface area contributed by atoms with Crippen LogP contribution in [0.25, 0.3) is 0 Å². The third kappa shape index (κ3) is 3.94. The molecule has 0 aliphatic rings. The summed E-state index contributed by atoms with van der Waals surface area (Å²) in [5.41, 5.74) is 0.863. The smallest absolute Gasteiger partial charge is 0.133 e. The molecule has 1 aromatic rings. The second kappa shape index (κ2) is 6.49. The normalized spacial score (nSPS) is 9.27. The van der Waals surface area contributed by atoms with E-state index in [-0.39, 0.29) is 6.61 Å². The Kier molecular flexibility index (Phi) is 5.23. The molecule has 15 heavy (non-hydrogen) atoms. The highest BCUT2D eigenvalue weighted by atomic mass is 79.9. The van der Waals surface area contributed by atoms with Crippen molar-refractivity contribution in [1.82, 2.24) is 0 Å². The topological polar surface area (TPSA) is 29.5 Å². The molecule has 0 aliphatic heterocycles. The number of benzene rings is 1. The van der Waals surface area contributed by atoms with E-state index in [1.165, 1.54) is 0 Å². The van der Waals surface area contributed by atoms with Crippen molar-refractivity contribution >= 4 is 15.9 Å². The Hall–Kier alpha value is -0.980. The van der Waals surface area contributed by atoms with Crippen LogP contribution in [0.15, 0.2) is 22.7 Å². The first-order chi connectivity index (χ1) is 7.27. The summed E-state index contributed by atoms with van der Waals surface area (Å²) >= 11 is 3.38. The Morgan fingerprint density at radius 2 is 2.27 bits per heavy atom. The summed E-state index contributed by atoms with van der Waals surface area (Å²) in [5.74, 6) is 6.52. The van der Waals surface area contributed by atoms with Gasteiger partial charge in [0.05, 0.1) is 17.7 Å². The second-order valence-electron chi connectivity index (χ2n) is 2.95. The first-order valence-corrected chi connectivity index (χ1v) is 5.49. The van der Waals surface area contributed by atoms with Gasteiger partial charge in [-0.2, -0.15) is 0 Å². The molecular weight excluding hydrogens is 256 g/mol. The zero-order chi connectivity index (χ0) is 11.1. The Balaban J connectivity index is 2.56. The van der Waals surface area contributed by atoms with Gasteiger partial charge in [0, 0.05) is 6.42 Å². The van der Waals surface area contributed by atoms with Crippen LogP contribution in [0.3, 0.4) is 0 Å². The molecule has 3 heteroatoms. The molecule has 0 aliphatic carbocycles. The third-order valence-electron chi connectivity index (χ3n) is 1.84. The number of hydrogen-bond acceptors (Lipinski definition) is 2. The number of rotatable bonds is 4. The molecule has 80 valence electrons. The summed E-state index contributed by atoms with van der Waals surface area (Å²) in [6.07, 6.45) is 0.727. The molecule has 0 unspecified atom stereocenters. The largest absolute Gasteiger partial charge is 0.491 e. The number of aliphatic hydroxyl groups excluding tert-OH is 1. The van der Waals surface area contributed by atoms with Crippen LogP contribution in [0.1, 0.15) is 18.9 Å². The predicted molar refractivity (Wildman–Crippen MR) is 63.6 cm³/mol. The highest BCUT2D eigenvalue weighted by Gasteiger charge is 2.01. The van der Waals surface area contributed by atoms with Gasteiger partial charge in [0.2, 0.25) is 0 Å². The third-order valence-corrected chi connectivity index (χ3v) is 2.46. The zero-order valence-corrected chi connectivity index (χ0v) is 10.2. The molecule has 0 aromatic heterocycles. The molecule has 0 spiro atoms. The predicted octanol–water partition coefficient (Wildman–Crippen LogP) is 2.73. The molecule has 0 bridgehead atoms. The van der Waals surface area contributed by atoms with Crippen molar-refractivity contribution in [2.75, 3.05) is 6.61 Å². The molecule has 0 radical (unpaired) electrons. The Morgan fingerprint density at radius 1 is 1.47 bits per heavy atom. The van der Waals surface area contributed by atoms with Crippen LogP contribution in [-0.2, 0) is 6.61 Å². The van der Waals surface area contributed by atoms with Crippen LogP contribution < -0.4 is 4.74 Å². The van der Waals surface area contributed by atoms with Gasteiger partial charge in [-0.1, -0.05) is 6.07 Å². The van der Waals surface area contributed by atoms with Crippen LogP contribution in [-0.4, -0.2) is 11.7 Å². The summed E-state index contributed by atoms with van der Waals surface area (Å²) in [6, 6.07) is 5.53. The summed E-state index contributed by atoms with van der Waals surface area (Å²) in [4.78, 5) is 0. The average Bonchev–Trinajstić information content (AvgIpc) is 2.26. The lowest BCUT2D eigenvalue weighted by atomic mass is 10.2. The highest BCUT2D eigenvalue weighted by molar-refractivity contribution is 9.10. The lowest BCUT2D eigenvalue weighted by Gasteiger charge is -2.07. The molecule has 0 atom stereocenters. The van der Waals surface area contributed by atoms with E-state index >= 15 is 0 Å². The first kappa shape index (κ1) is 12.1. The van der Waals surface area contributed by atoms with E-state index in [1.807, 2.05) is 25.1 Å². The van der Waals surface area contributed by atoms with Crippen molar-refractivity contribution in [3.8, 4) is 17.6 Å². The molecule has 2 nitrogen and oxygen atoms in total.